The van der Waals surface area contributed by atoms with E-state index >= 15 is 0 Å². The molecule has 3 N–H and O–H groups in total. The van der Waals surface area contributed by atoms with Crippen LogP contribution in [0.15, 0.2) is 59.1 Å². The number of pyridine rings is 1. The molecule has 6 nitrogen and oxygen atoms in total. The van der Waals surface area contributed by atoms with Gasteiger partial charge in [0.05, 0.1) is 16.8 Å². The fourth-order valence-corrected chi connectivity index (χ4v) is 4.21. The quantitative estimate of drug-likeness (QED) is 0.477. The molecule has 2 aromatic carbocycles. The molecule has 0 unspecified atom stereocenters. The van der Waals surface area contributed by atoms with Crippen LogP contribution in [-0.2, 0) is 0 Å². The van der Waals surface area contributed by atoms with Crippen molar-refractivity contribution in [3.63, 3.8) is 0 Å². The first-order valence-corrected chi connectivity index (χ1v) is 10.9. The van der Waals surface area contributed by atoms with Gasteiger partial charge in [-0.25, -0.2) is 15.2 Å². The number of rotatable bonds is 3. The molecule has 30 heavy (non-hydrogen) atoms. The van der Waals surface area contributed by atoms with Gasteiger partial charge in [-0.15, -0.1) is 0 Å². The van der Waals surface area contributed by atoms with E-state index in [0.29, 0.717) is 16.8 Å². The number of nitrogens with zero attached hydrogens (tertiary/aromatic N) is 1. The van der Waals surface area contributed by atoms with Gasteiger partial charge in [-0.2, -0.15) is 0 Å². The van der Waals surface area contributed by atoms with Crippen molar-refractivity contribution in [1.82, 2.24) is 21.2 Å². The minimum atomic E-state index is -0.388. The average molecular weight is 467 g/mol. The molecule has 1 saturated carbocycles. The first kappa shape index (κ1) is 20.3. The molecule has 4 rings (SSSR count). The van der Waals surface area contributed by atoms with Crippen molar-refractivity contribution in [3.8, 4) is 11.3 Å². The Hall–Kier alpha value is -2.93. The monoisotopic (exact) mass is 466 g/mol. The molecule has 7 heteroatoms. The molecule has 3 aromatic rings. The number of para-hydroxylation sites is 1. The summed E-state index contributed by atoms with van der Waals surface area (Å²) in [6.07, 6.45) is 5.42. The van der Waals surface area contributed by atoms with Crippen LogP contribution in [0, 0.1) is 0 Å². The summed E-state index contributed by atoms with van der Waals surface area (Å²) in [5, 5.41) is 3.65. The number of halogens is 1. The number of fused-ring (bicyclic) bond motifs is 1. The van der Waals surface area contributed by atoms with Crippen LogP contribution in [0.1, 0.15) is 42.5 Å². The maximum atomic E-state index is 12.9. The van der Waals surface area contributed by atoms with E-state index in [1.807, 2.05) is 48.5 Å². The molecule has 0 bridgehead atoms. The molecule has 1 aliphatic carbocycles. The molecule has 0 spiro atoms. The van der Waals surface area contributed by atoms with Gasteiger partial charge in [-0.1, -0.05) is 65.5 Å². The third-order valence-corrected chi connectivity index (χ3v) is 5.80. The standard InChI is InChI=1S/C23H23BrN4O2/c24-16-8-6-7-15(13-16)21-14-19(18-11-4-5-12-20(18)26-21)22(29)27-28-23(30)25-17-9-2-1-3-10-17/h4-8,11-14,17H,1-3,9-10H2,(H,27,29)(H2,25,28,30). The van der Waals surface area contributed by atoms with Crippen LogP contribution in [0.5, 0.6) is 0 Å². The average Bonchev–Trinajstić information content (AvgIpc) is 2.77. The number of benzene rings is 2. The smallest absolute Gasteiger partial charge is 0.333 e. The van der Waals surface area contributed by atoms with Crippen molar-refractivity contribution in [1.29, 1.82) is 0 Å². The maximum absolute atomic E-state index is 12.9. The highest BCUT2D eigenvalue weighted by Crippen LogP contribution is 2.26. The van der Waals surface area contributed by atoms with Gasteiger partial charge in [0.2, 0.25) is 0 Å². The zero-order valence-corrected chi connectivity index (χ0v) is 18.0. The van der Waals surface area contributed by atoms with Crippen molar-refractivity contribution in [3.05, 3.63) is 64.6 Å². The number of hydrazine groups is 1. The van der Waals surface area contributed by atoms with Crippen molar-refractivity contribution in [2.75, 3.05) is 0 Å². The third-order valence-electron chi connectivity index (χ3n) is 5.31. The first-order chi connectivity index (χ1) is 14.6. The number of carbonyl (C=O) groups excluding carboxylic acids is 2. The first-order valence-electron chi connectivity index (χ1n) is 10.1. The van der Waals surface area contributed by atoms with E-state index in [-0.39, 0.29) is 18.0 Å². The number of hydrogen-bond donors (Lipinski definition) is 3. The summed E-state index contributed by atoms with van der Waals surface area (Å²) in [7, 11) is 0. The second-order valence-corrected chi connectivity index (χ2v) is 8.39. The summed E-state index contributed by atoms with van der Waals surface area (Å²) >= 11 is 3.48. The molecular formula is C23H23BrN4O2. The molecule has 0 saturated heterocycles. The lowest BCUT2D eigenvalue weighted by Gasteiger charge is -2.22. The highest BCUT2D eigenvalue weighted by molar-refractivity contribution is 9.10. The van der Waals surface area contributed by atoms with E-state index in [1.54, 1.807) is 6.07 Å². The zero-order chi connectivity index (χ0) is 20.9. The van der Waals surface area contributed by atoms with Crippen LogP contribution in [0.25, 0.3) is 22.2 Å². The minimum absolute atomic E-state index is 0.167. The maximum Gasteiger partial charge on any atom is 0.333 e. The molecule has 154 valence electrons. The van der Waals surface area contributed by atoms with Crippen LogP contribution in [0.3, 0.4) is 0 Å². The van der Waals surface area contributed by atoms with Crippen LogP contribution in [-0.4, -0.2) is 23.0 Å². The lowest BCUT2D eigenvalue weighted by atomic mass is 9.96. The van der Waals surface area contributed by atoms with E-state index < -0.39 is 0 Å². The van der Waals surface area contributed by atoms with Crippen molar-refractivity contribution in [2.24, 2.45) is 0 Å². The van der Waals surface area contributed by atoms with Gasteiger partial charge in [-0.3, -0.25) is 10.2 Å². The van der Waals surface area contributed by atoms with Crippen LogP contribution in [0.4, 0.5) is 4.79 Å². The summed E-state index contributed by atoms with van der Waals surface area (Å²) in [4.78, 5) is 29.8. The predicted molar refractivity (Wildman–Crippen MR) is 121 cm³/mol. The van der Waals surface area contributed by atoms with Gasteiger partial charge in [0.15, 0.2) is 0 Å². The zero-order valence-electron chi connectivity index (χ0n) is 16.5. The van der Waals surface area contributed by atoms with Crippen LogP contribution >= 0.6 is 15.9 Å². The normalized spacial score (nSPS) is 14.3. The van der Waals surface area contributed by atoms with Crippen LogP contribution in [0.2, 0.25) is 0 Å². The Kier molecular flexibility index (Phi) is 6.28. The fraction of sp³-hybridized carbons (Fsp3) is 0.261. The SMILES string of the molecule is O=C(NNC(=O)c1cc(-c2cccc(Br)c2)nc2ccccc12)NC1CCCCC1. The number of carbonyl (C=O) groups is 2. The molecule has 1 aromatic heterocycles. The molecule has 0 aliphatic heterocycles. The van der Waals surface area contributed by atoms with Gasteiger partial charge < -0.3 is 5.32 Å². The summed E-state index contributed by atoms with van der Waals surface area (Å²) in [5.74, 6) is -0.386. The second-order valence-electron chi connectivity index (χ2n) is 7.47. The number of aromatic nitrogens is 1. The Bertz CT molecular complexity index is 1080. The number of urea groups is 1. The van der Waals surface area contributed by atoms with Crippen molar-refractivity contribution < 1.29 is 9.59 Å². The molecule has 1 aliphatic rings. The predicted octanol–water partition coefficient (Wildman–Crippen LogP) is 4.94. The van der Waals surface area contributed by atoms with E-state index in [4.69, 9.17) is 4.98 Å². The van der Waals surface area contributed by atoms with Gasteiger partial charge in [0.1, 0.15) is 0 Å². The summed E-state index contributed by atoms with van der Waals surface area (Å²) in [6, 6.07) is 16.8. The number of nitrogens with one attached hydrogen (secondary N) is 3. The lowest BCUT2D eigenvalue weighted by molar-refractivity contribution is 0.0937. The Morgan fingerprint density at radius 2 is 1.73 bits per heavy atom. The molecule has 3 amide bonds. The Labute approximate surface area is 183 Å². The summed E-state index contributed by atoms with van der Waals surface area (Å²) in [6.45, 7) is 0. The van der Waals surface area contributed by atoms with Gasteiger partial charge in [-0.05, 0) is 37.1 Å². The van der Waals surface area contributed by atoms with Gasteiger partial charge in [0.25, 0.3) is 5.91 Å². The van der Waals surface area contributed by atoms with Crippen molar-refractivity contribution in [2.45, 2.75) is 38.1 Å². The Balaban J connectivity index is 1.54. The third kappa shape index (κ3) is 4.79. The van der Waals surface area contributed by atoms with Crippen molar-refractivity contribution >= 4 is 38.8 Å². The number of amides is 3. The summed E-state index contributed by atoms with van der Waals surface area (Å²) < 4.78 is 0.932. The molecular weight excluding hydrogens is 444 g/mol. The van der Waals surface area contributed by atoms with E-state index in [9.17, 15) is 9.59 Å². The fourth-order valence-electron chi connectivity index (χ4n) is 3.81. The highest BCUT2D eigenvalue weighted by atomic mass is 79.9. The number of hydrogen-bond acceptors (Lipinski definition) is 3. The molecule has 0 radical (unpaired) electrons. The van der Waals surface area contributed by atoms with E-state index in [1.165, 1.54) is 6.42 Å². The summed E-state index contributed by atoms with van der Waals surface area (Å²) in [5.41, 5.74) is 7.77. The molecule has 1 heterocycles. The molecule has 1 fully saturated rings. The van der Waals surface area contributed by atoms with E-state index in [0.717, 1.165) is 41.1 Å². The van der Waals surface area contributed by atoms with Crippen LogP contribution < -0.4 is 16.2 Å². The topological polar surface area (TPSA) is 83.1 Å². The van der Waals surface area contributed by atoms with Gasteiger partial charge in [0, 0.05) is 21.5 Å². The molecule has 0 atom stereocenters. The largest absolute Gasteiger partial charge is 0.334 e. The minimum Gasteiger partial charge on any atom is -0.334 e. The Morgan fingerprint density at radius 3 is 2.53 bits per heavy atom. The second kappa shape index (κ2) is 9.26. The lowest BCUT2D eigenvalue weighted by Crippen LogP contribution is -2.50. The highest BCUT2D eigenvalue weighted by Gasteiger charge is 2.17. The van der Waals surface area contributed by atoms with Gasteiger partial charge >= 0.3 is 6.03 Å². The van der Waals surface area contributed by atoms with E-state index in [2.05, 4.69) is 32.1 Å². The Morgan fingerprint density at radius 1 is 0.933 bits per heavy atom.